The second kappa shape index (κ2) is 7.85. The summed E-state index contributed by atoms with van der Waals surface area (Å²) in [6.07, 6.45) is 5.05. The first-order valence-electron chi connectivity index (χ1n) is 8.83. The molecular weight excluding hydrogens is 352 g/mol. The number of aromatic nitrogens is 3. The van der Waals surface area contributed by atoms with Gasteiger partial charge in [-0.1, -0.05) is 22.9 Å². The molecule has 1 heterocycles. The van der Waals surface area contributed by atoms with E-state index in [0.29, 0.717) is 17.7 Å². The summed E-state index contributed by atoms with van der Waals surface area (Å²) in [5, 5.41) is 8.39. The van der Waals surface area contributed by atoms with Crippen LogP contribution in [-0.4, -0.2) is 48.5 Å². The first-order valence-corrected chi connectivity index (χ1v) is 10.3. The van der Waals surface area contributed by atoms with Crippen LogP contribution in [0.25, 0.3) is 0 Å². The van der Waals surface area contributed by atoms with Crippen LogP contribution in [-0.2, 0) is 21.3 Å². The van der Waals surface area contributed by atoms with E-state index in [9.17, 15) is 8.42 Å². The van der Waals surface area contributed by atoms with E-state index in [0.717, 1.165) is 31.4 Å². The molecule has 3 rings (SSSR count). The van der Waals surface area contributed by atoms with Crippen molar-refractivity contribution in [3.05, 3.63) is 41.7 Å². The number of hydrogen-bond donors (Lipinski definition) is 0. The van der Waals surface area contributed by atoms with Gasteiger partial charge >= 0.3 is 0 Å². The van der Waals surface area contributed by atoms with E-state index >= 15 is 0 Å². The van der Waals surface area contributed by atoms with Crippen LogP contribution in [0.2, 0.25) is 0 Å². The fraction of sp³-hybridized carbons (Fsp3) is 0.556. The van der Waals surface area contributed by atoms with E-state index in [-0.39, 0.29) is 11.4 Å². The molecule has 1 fully saturated rings. The number of methoxy groups -OCH3 is 1. The van der Waals surface area contributed by atoms with Gasteiger partial charge in [-0.05, 0) is 44.2 Å². The highest BCUT2D eigenvalue weighted by molar-refractivity contribution is 7.89. The van der Waals surface area contributed by atoms with Gasteiger partial charge in [-0.2, -0.15) is 4.31 Å². The lowest BCUT2D eigenvalue weighted by Crippen LogP contribution is -2.26. The van der Waals surface area contributed by atoms with Crippen LogP contribution in [0.1, 0.15) is 36.6 Å². The molecule has 2 unspecified atom stereocenters. The van der Waals surface area contributed by atoms with Gasteiger partial charge in [0.25, 0.3) is 0 Å². The molecule has 0 N–H and O–H groups in total. The number of hydrogen-bond acceptors (Lipinski definition) is 5. The van der Waals surface area contributed by atoms with Gasteiger partial charge in [0, 0.05) is 20.8 Å². The van der Waals surface area contributed by atoms with E-state index in [1.54, 1.807) is 38.4 Å². The monoisotopic (exact) mass is 378 g/mol. The Hall–Kier alpha value is -1.77. The second-order valence-electron chi connectivity index (χ2n) is 7.05. The lowest BCUT2D eigenvalue weighted by molar-refractivity contribution is 0.152. The van der Waals surface area contributed by atoms with Crippen LogP contribution >= 0.6 is 0 Å². The average molecular weight is 378 g/mol. The first-order chi connectivity index (χ1) is 12.4. The van der Waals surface area contributed by atoms with Gasteiger partial charge in [0.2, 0.25) is 10.0 Å². The second-order valence-corrected chi connectivity index (χ2v) is 9.10. The zero-order chi connectivity index (χ0) is 18.7. The number of benzene rings is 1. The molecule has 8 heteroatoms. The van der Waals surface area contributed by atoms with Crippen LogP contribution in [0.15, 0.2) is 35.4 Å². The summed E-state index contributed by atoms with van der Waals surface area (Å²) in [5.41, 5.74) is 1.68. The summed E-state index contributed by atoms with van der Waals surface area (Å²) < 4.78 is 33.8. The summed E-state index contributed by atoms with van der Waals surface area (Å²) in [6.45, 7) is 2.90. The highest BCUT2D eigenvalue weighted by Gasteiger charge is 2.27. The normalized spacial score (nSPS) is 20.8. The van der Waals surface area contributed by atoms with Gasteiger partial charge < -0.3 is 4.74 Å². The van der Waals surface area contributed by atoms with E-state index in [1.165, 1.54) is 4.31 Å². The van der Waals surface area contributed by atoms with E-state index in [4.69, 9.17) is 4.74 Å². The van der Waals surface area contributed by atoms with Gasteiger partial charge in [-0.3, -0.25) is 0 Å². The molecular formula is C18H26N4O3S. The zero-order valence-corrected chi connectivity index (χ0v) is 16.3. The van der Waals surface area contributed by atoms with Gasteiger partial charge in [-0.15, -0.1) is 5.10 Å². The van der Waals surface area contributed by atoms with Crippen LogP contribution in [0.3, 0.4) is 0 Å². The van der Waals surface area contributed by atoms with E-state index in [2.05, 4.69) is 10.3 Å². The molecule has 2 aromatic rings. The molecule has 2 atom stereocenters. The van der Waals surface area contributed by atoms with Crippen molar-refractivity contribution < 1.29 is 13.2 Å². The molecule has 1 saturated carbocycles. The third kappa shape index (κ3) is 4.13. The summed E-state index contributed by atoms with van der Waals surface area (Å²) in [5.74, 6) is 0.558. The Bertz CT molecular complexity index is 832. The molecule has 7 nitrogen and oxygen atoms in total. The molecule has 26 heavy (non-hydrogen) atoms. The summed E-state index contributed by atoms with van der Waals surface area (Å²) >= 11 is 0. The molecule has 0 amide bonds. The molecule has 142 valence electrons. The lowest BCUT2D eigenvalue weighted by atomic mass is 10.1. The van der Waals surface area contributed by atoms with Crippen molar-refractivity contribution in [2.45, 2.75) is 43.7 Å². The summed E-state index contributed by atoms with van der Waals surface area (Å²) in [7, 11) is -0.245. The Morgan fingerprint density at radius 2 is 2.00 bits per heavy atom. The van der Waals surface area contributed by atoms with Crippen molar-refractivity contribution in [1.82, 2.24) is 19.3 Å². The molecule has 1 aromatic heterocycles. The number of sulfonamides is 1. The summed E-state index contributed by atoms with van der Waals surface area (Å²) in [4.78, 5) is 0.288. The third-order valence-electron chi connectivity index (χ3n) is 4.96. The number of ether oxygens (including phenoxy) is 1. The third-order valence-corrected chi connectivity index (χ3v) is 6.78. The highest BCUT2D eigenvalue weighted by Crippen LogP contribution is 2.34. The topological polar surface area (TPSA) is 77.3 Å². The molecule has 0 spiro atoms. The Balaban J connectivity index is 1.66. The maximum Gasteiger partial charge on any atom is 0.243 e. The van der Waals surface area contributed by atoms with Crippen molar-refractivity contribution in [1.29, 1.82) is 0 Å². The Morgan fingerprint density at radius 3 is 2.69 bits per heavy atom. The first kappa shape index (κ1) is 19.0. The Morgan fingerprint density at radius 1 is 1.27 bits per heavy atom. The van der Waals surface area contributed by atoms with Crippen molar-refractivity contribution in [3.63, 3.8) is 0 Å². The number of rotatable bonds is 7. The van der Waals surface area contributed by atoms with Crippen LogP contribution in [0.5, 0.6) is 0 Å². The highest BCUT2D eigenvalue weighted by atomic mass is 32.2. The van der Waals surface area contributed by atoms with Crippen LogP contribution < -0.4 is 0 Å². The molecule has 1 aliphatic carbocycles. The molecule has 1 aliphatic rings. The van der Waals surface area contributed by atoms with Crippen molar-refractivity contribution in [2.24, 2.45) is 5.92 Å². The van der Waals surface area contributed by atoms with Crippen molar-refractivity contribution in [2.75, 3.05) is 20.8 Å². The van der Waals surface area contributed by atoms with E-state index < -0.39 is 10.0 Å². The van der Waals surface area contributed by atoms with Gasteiger partial charge in [0.1, 0.15) is 0 Å². The Kier molecular flexibility index (Phi) is 5.74. The molecule has 0 aliphatic heterocycles. The zero-order valence-electron chi connectivity index (χ0n) is 15.5. The lowest BCUT2D eigenvalue weighted by Gasteiger charge is -2.16. The van der Waals surface area contributed by atoms with Crippen molar-refractivity contribution in [3.8, 4) is 0 Å². The standard InChI is InChI=1S/C18H26N4O3S/c1-14-4-8-18(9-5-14)26(23,24)21(2)11-16-12-22(20-19-16)17-7-6-15(10-17)13-25-3/h4-5,8-9,12,15,17H,6-7,10-11,13H2,1-3H3. The summed E-state index contributed by atoms with van der Waals surface area (Å²) in [6, 6.07) is 7.18. The fourth-order valence-corrected chi connectivity index (χ4v) is 4.59. The Labute approximate surface area is 155 Å². The molecule has 1 aromatic carbocycles. The fourth-order valence-electron chi connectivity index (χ4n) is 3.44. The minimum atomic E-state index is -3.54. The van der Waals surface area contributed by atoms with Gasteiger partial charge in [0.15, 0.2) is 0 Å². The predicted octanol–water partition coefficient (Wildman–Crippen LogP) is 2.39. The molecule has 0 bridgehead atoms. The number of aryl methyl sites for hydroxylation is 1. The maximum atomic E-state index is 12.7. The minimum absolute atomic E-state index is 0.199. The van der Waals surface area contributed by atoms with Gasteiger partial charge in [0.05, 0.1) is 29.4 Å². The van der Waals surface area contributed by atoms with Crippen LogP contribution in [0, 0.1) is 12.8 Å². The molecule has 0 radical (unpaired) electrons. The van der Waals surface area contributed by atoms with E-state index in [1.807, 2.05) is 17.8 Å². The average Bonchev–Trinajstić information content (AvgIpc) is 3.25. The maximum absolute atomic E-state index is 12.7. The quantitative estimate of drug-likeness (QED) is 0.739. The largest absolute Gasteiger partial charge is 0.384 e. The van der Waals surface area contributed by atoms with Crippen molar-refractivity contribution >= 4 is 10.0 Å². The van der Waals surface area contributed by atoms with Crippen LogP contribution in [0.4, 0.5) is 0 Å². The predicted molar refractivity (Wildman–Crippen MR) is 98.1 cm³/mol. The van der Waals surface area contributed by atoms with Gasteiger partial charge in [-0.25, -0.2) is 13.1 Å². The molecule has 0 saturated heterocycles. The smallest absolute Gasteiger partial charge is 0.243 e. The number of nitrogens with zero attached hydrogens (tertiary/aromatic N) is 4. The minimum Gasteiger partial charge on any atom is -0.384 e. The SMILES string of the molecule is COCC1CCC(n2cc(CN(C)S(=O)(=O)c3ccc(C)cc3)nn2)C1.